The first-order valence-electron chi connectivity index (χ1n) is 11.3. The Bertz CT molecular complexity index is 1330. The van der Waals surface area contributed by atoms with Gasteiger partial charge in [0.25, 0.3) is 5.91 Å². The smallest absolute Gasteiger partial charge is 0.262 e. The van der Waals surface area contributed by atoms with Gasteiger partial charge in [-0.25, -0.2) is 8.42 Å². The van der Waals surface area contributed by atoms with Gasteiger partial charge in [-0.2, -0.15) is 9.57 Å². The number of ether oxygens (including phenoxy) is 2. The van der Waals surface area contributed by atoms with Crippen molar-refractivity contribution in [3.63, 3.8) is 0 Å². The summed E-state index contributed by atoms with van der Waals surface area (Å²) in [5.41, 5.74) is 0.511. The summed E-state index contributed by atoms with van der Waals surface area (Å²) in [4.78, 5) is 12.8. The standard InChI is InChI=1S/C26H25N3O5S/c27-18-20-9-5-6-12-24(20)33-19-26(30)28-23-17-22(35(31,32)29-15-7-2-8-16-29)13-14-25(23)34-21-10-3-1-4-11-21/h1,3-6,9-14,17H,2,7-8,15-16,19H2,(H,28,30). The third-order valence-corrected chi connectivity index (χ3v) is 7.41. The zero-order chi connectivity index (χ0) is 24.7. The molecule has 9 heteroatoms. The Hall–Kier alpha value is -3.87. The third-order valence-electron chi connectivity index (χ3n) is 5.52. The molecule has 0 saturated carbocycles. The first kappa shape index (κ1) is 24.3. The Morgan fingerprint density at radius 1 is 0.943 bits per heavy atom. The average molecular weight is 492 g/mol. The number of carbonyl (C=O) groups excluding carboxylic acids is 1. The van der Waals surface area contributed by atoms with Gasteiger partial charge in [-0.3, -0.25) is 4.79 Å². The Kier molecular flexibility index (Phi) is 7.65. The quantitative estimate of drug-likeness (QED) is 0.495. The molecule has 0 atom stereocenters. The summed E-state index contributed by atoms with van der Waals surface area (Å²) in [6, 6.07) is 22.0. The summed E-state index contributed by atoms with van der Waals surface area (Å²) in [6.07, 6.45) is 2.64. The zero-order valence-corrected chi connectivity index (χ0v) is 19.8. The molecule has 0 bridgehead atoms. The van der Waals surface area contributed by atoms with Crippen LogP contribution in [0.25, 0.3) is 0 Å². The number of hydrogen-bond donors (Lipinski definition) is 1. The van der Waals surface area contributed by atoms with Crippen LogP contribution in [-0.4, -0.2) is 38.3 Å². The molecule has 3 aromatic carbocycles. The van der Waals surface area contributed by atoms with Crippen molar-refractivity contribution in [2.75, 3.05) is 25.0 Å². The highest BCUT2D eigenvalue weighted by molar-refractivity contribution is 7.89. The molecule has 4 rings (SSSR count). The summed E-state index contributed by atoms with van der Waals surface area (Å²) in [7, 11) is -3.72. The molecule has 1 heterocycles. The number of carbonyl (C=O) groups is 1. The van der Waals surface area contributed by atoms with Crippen LogP contribution in [0.15, 0.2) is 77.7 Å². The van der Waals surface area contributed by atoms with Gasteiger partial charge in [-0.05, 0) is 55.3 Å². The predicted molar refractivity (Wildman–Crippen MR) is 131 cm³/mol. The van der Waals surface area contributed by atoms with Gasteiger partial charge in [-0.15, -0.1) is 0 Å². The Labute approximate surface area is 204 Å². The highest BCUT2D eigenvalue weighted by Crippen LogP contribution is 2.33. The van der Waals surface area contributed by atoms with Crippen LogP contribution < -0.4 is 14.8 Å². The van der Waals surface area contributed by atoms with E-state index in [2.05, 4.69) is 5.32 Å². The Morgan fingerprint density at radius 2 is 1.66 bits per heavy atom. The number of sulfonamides is 1. The second kappa shape index (κ2) is 11.0. The van der Waals surface area contributed by atoms with E-state index in [0.717, 1.165) is 19.3 Å². The third kappa shape index (κ3) is 5.98. The van der Waals surface area contributed by atoms with E-state index in [4.69, 9.17) is 9.47 Å². The maximum Gasteiger partial charge on any atom is 0.262 e. The highest BCUT2D eigenvalue weighted by Gasteiger charge is 2.27. The van der Waals surface area contributed by atoms with Gasteiger partial charge in [0.05, 0.1) is 16.1 Å². The number of hydrogen-bond acceptors (Lipinski definition) is 6. The summed E-state index contributed by atoms with van der Waals surface area (Å²) in [5.74, 6) is 0.587. The molecule has 1 aliphatic rings. The molecule has 1 fully saturated rings. The average Bonchev–Trinajstić information content (AvgIpc) is 2.89. The van der Waals surface area contributed by atoms with Crippen molar-refractivity contribution in [1.29, 1.82) is 5.26 Å². The molecule has 1 aliphatic heterocycles. The van der Waals surface area contributed by atoms with Crippen LogP contribution >= 0.6 is 0 Å². The molecule has 8 nitrogen and oxygen atoms in total. The monoisotopic (exact) mass is 491 g/mol. The second-order valence-electron chi connectivity index (χ2n) is 7.98. The first-order valence-corrected chi connectivity index (χ1v) is 12.7. The Morgan fingerprint density at radius 3 is 2.40 bits per heavy atom. The number of nitrogens with zero attached hydrogens (tertiary/aromatic N) is 2. The topological polar surface area (TPSA) is 109 Å². The summed E-state index contributed by atoms with van der Waals surface area (Å²) in [5, 5.41) is 11.9. The van der Waals surface area contributed by atoms with Crippen LogP contribution in [0.5, 0.6) is 17.2 Å². The molecule has 180 valence electrons. The SMILES string of the molecule is N#Cc1ccccc1OCC(=O)Nc1cc(S(=O)(=O)N2CCCCC2)ccc1Oc1ccccc1. The van der Waals surface area contributed by atoms with E-state index >= 15 is 0 Å². The number of piperidine rings is 1. The summed E-state index contributed by atoms with van der Waals surface area (Å²) < 4.78 is 39.3. The zero-order valence-electron chi connectivity index (χ0n) is 19.0. The van der Waals surface area contributed by atoms with Crippen LogP contribution in [0.2, 0.25) is 0 Å². The van der Waals surface area contributed by atoms with E-state index in [1.807, 2.05) is 24.3 Å². The fourth-order valence-corrected chi connectivity index (χ4v) is 5.28. The lowest BCUT2D eigenvalue weighted by molar-refractivity contribution is -0.118. The largest absolute Gasteiger partial charge is 0.482 e. The maximum absolute atomic E-state index is 13.2. The van der Waals surface area contributed by atoms with Crippen molar-refractivity contribution >= 4 is 21.6 Å². The van der Waals surface area contributed by atoms with Crippen molar-refractivity contribution in [3.8, 4) is 23.3 Å². The van der Waals surface area contributed by atoms with Gasteiger partial charge in [-0.1, -0.05) is 36.8 Å². The van der Waals surface area contributed by atoms with E-state index in [0.29, 0.717) is 30.2 Å². The minimum atomic E-state index is -3.72. The molecule has 1 amide bonds. The van der Waals surface area contributed by atoms with Gasteiger partial charge >= 0.3 is 0 Å². The number of rotatable bonds is 8. The molecule has 35 heavy (non-hydrogen) atoms. The number of para-hydroxylation sites is 2. The molecule has 1 N–H and O–H groups in total. The van der Waals surface area contributed by atoms with Crippen LogP contribution in [0, 0.1) is 11.3 Å². The lowest BCUT2D eigenvalue weighted by Crippen LogP contribution is -2.35. The van der Waals surface area contributed by atoms with E-state index < -0.39 is 15.9 Å². The van der Waals surface area contributed by atoms with Crippen molar-refractivity contribution in [1.82, 2.24) is 4.31 Å². The van der Waals surface area contributed by atoms with Gasteiger partial charge in [0.15, 0.2) is 12.4 Å². The minimum Gasteiger partial charge on any atom is -0.482 e. The highest BCUT2D eigenvalue weighted by atomic mass is 32.2. The van der Waals surface area contributed by atoms with Crippen molar-refractivity contribution in [2.24, 2.45) is 0 Å². The summed E-state index contributed by atoms with van der Waals surface area (Å²) in [6.45, 7) is 0.573. The molecule has 0 unspecified atom stereocenters. The van der Waals surface area contributed by atoms with E-state index in [1.165, 1.54) is 22.5 Å². The first-order chi connectivity index (χ1) is 17.0. The van der Waals surface area contributed by atoms with E-state index in [9.17, 15) is 18.5 Å². The molecule has 0 spiro atoms. The molecule has 0 aliphatic carbocycles. The lowest BCUT2D eigenvalue weighted by Gasteiger charge is -2.26. The maximum atomic E-state index is 13.2. The van der Waals surface area contributed by atoms with Crippen LogP contribution in [0.1, 0.15) is 24.8 Å². The van der Waals surface area contributed by atoms with Crippen LogP contribution in [0.3, 0.4) is 0 Å². The van der Waals surface area contributed by atoms with Crippen molar-refractivity contribution in [2.45, 2.75) is 24.2 Å². The molecule has 1 saturated heterocycles. The number of nitriles is 1. The van der Waals surface area contributed by atoms with E-state index in [-0.39, 0.29) is 22.9 Å². The van der Waals surface area contributed by atoms with E-state index in [1.54, 1.807) is 36.4 Å². The number of anilines is 1. The van der Waals surface area contributed by atoms with Gasteiger partial charge < -0.3 is 14.8 Å². The van der Waals surface area contributed by atoms with Gasteiger partial charge in [0, 0.05) is 13.1 Å². The van der Waals surface area contributed by atoms with Crippen molar-refractivity contribution < 1.29 is 22.7 Å². The molecule has 0 aromatic heterocycles. The second-order valence-corrected chi connectivity index (χ2v) is 9.92. The number of amides is 1. The van der Waals surface area contributed by atoms with Gasteiger partial charge in [0.2, 0.25) is 10.0 Å². The molecule has 3 aromatic rings. The fraction of sp³-hybridized carbons (Fsp3) is 0.231. The van der Waals surface area contributed by atoms with Gasteiger partial charge in [0.1, 0.15) is 17.6 Å². The fourth-order valence-electron chi connectivity index (χ4n) is 3.74. The lowest BCUT2D eigenvalue weighted by atomic mass is 10.2. The summed E-state index contributed by atoms with van der Waals surface area (Å²) >= 11 is 0. The Balaban J connectivity index is 1.58. The van der Waals surface area contributed by atoms with Crippen molar-refractivity contribution in [3.05, 3.63) is 78.4 Å². The van der Waals surface area contributed by atoms with Crippen LogP contribution in [-0.2, 0) is 14.8 Å². The van der Waals surface area contributed by atoms with Crippen LogP contribution in [0.4, 0.5) is 5.69 Å². The molecular formula is C26H25N3O5S. The predicted octanol–water partition coefficient (Wildman–Crippen LogP) is 4.54. The normalized spacial score (nSPS) is 14.0. The number of nitrogens with one attached hydrogen (secondary N) is 1. The molecular weight excluding hydrogens is 466 g/mol. The number of benzene rings is 3. The molecule has 0 radical (unpaired) electrons. The minimum absolute atomic E-state index is 0.0749.